The quantitative estimate of drug-likeness (QED) is 0.841. The number of carbonyl (C=O) groups excluding carboxylic acids is 1. The number of para-hydroxylation sites is 1. The molecule has 1 aliphatic heterocycles. The van der Waals surface area contributed by atoms with Crippen LogP contribution in [0.2, 0.25) is 0 Å². The molecule has 1 fully saturated rings. The molecule has 3 rings (SSSR count). The Morgan fingerprint density at radius 1 is 1.22 bits per heavy atom. The van der Waals surface area contributed by atoms with Gasteiger partial charge in [0.15, 0.2) is 0 Å². The molecule has 1 saturated heterocycles. The smallest absolute Gasteiger partial charge is 0.227 e. The molecule has 0 bridgehead atoms. The molecule has 146 valence electrons. The number of benzene rings is 1. The van der Waals surface area contributed by atoms with Crippen molar-refractivity contribution in [1.29, 1.82) is 0 Å². The molecule has 0 saturated carbocycles. The molecule has 1 aromatic carbocycles. The number of aromatic nitrogens is 3. The third-order valence-electron chi connectivity index (χ3n) is 5.18. The van der Waals surface area contributed by atoms with Gasteiger partial charge in [-0.1, -0.05) is 18.2 Å². The minimum atomic E-state index is 0.0696. The van der Waals surface area contributed by atoms with Gasteiger partial charge in [-0.3, -0.25) is 4.79 Å². The number of amides is 1. The largest absolute Gasteiger partial charge is 0.508 e. The zero-order valence-electron chi connectivity index (χ0n) is 16.4. The van der Waals surface area contributed by atoms with Crippen molar-refractivity contribution in [2.24, 2.45) is 0 Å². The predicted molar refractivity (Wildman–Crippen MR) is 103 cm³/mol. The van der Waals surface area contributed by atoms with E-state index in [0.717, 1.165) is 50.7 Å². The van der Waals surface area contributed by atoms with Crippen LogP contribution < -0.4 is 0 Å². The van der Waals surface area contributed by atoms with Crippen LogP contribution >= 0.6 is 0 Å². The van der Waals surface area contributed by atoms with Crippen molar-refractivity contribution < 1.29 is 9.90 Å². The van der Waals surface area contributed by atoms with Crippen molar-refractivity contribution in [2.75, 3.05) is 27.2 Å². The molecule has 2 heterocycles. The number of piperidine rings is 1. The Hall–Kier alpha value is -2.41. The number of aromatic hydroxyl groups is 1. The number of phenolic OH excluding ortho intramolecular Hbond substituents is 1. The van der Waals surface area contributed by atoms with Crippen LogP contribution in [0.5, 0.6) is 5.75 Å². The van der Waals surface area contributed by atoms with Crippen molar-refractivity contribution in [3.8, 4) is 5.75 Å². The fourth-order valence-corrected chi connectivity index (χ4v) is 3.72. The molecular formula is C20H29N5O2. The summed E-state index contributed by atoms with van der Waals surface area (Å²) in [6.45, 7) is 5.20. The molecular weight excluding hydrogens is 342 g/mol. The van der Waals surface area contributed by atoms with Crippen molar-refractivity contribution in [3.05, 3.63) is 41.5 Å². The van der Waals surface area contributed by atoms with Crippen LogP contribution in [0.3, 0.4) is 0 Å². The lowest BCUT2D eigenvalue weighted by Gasteiger charge is -2.32. The molecule has 7 heteroatoms. The molecule has 1 aliphatic rings. The summed E-state index contributed by atoms with van der Waals surface area (Å²) >= 11 is 0. The molecule has 2 aromatic rings. The van der Waals surface area contributed by atoms with Crippen molar-refractivity contribution >= 4 is 5.91 Å². The van der Waals surface area contributed by atoms with Crippen molar-refractivity contribution in [1.82, 2.24) is 24.6 Å². The van der Waals surface area contributed by atoms with E-state index >= 15 is 0 Å². The van der Waals surface area contributed by atoms with Crippen LogP contribution in [0, 0.1) is 0 Å². The predicted octanol–water partition coefficient (Wildman–Crippen LogP) is 2.01. The molecule has 0 radical (unpaired) electrons. The van der Waals surface area contributed by atoms with E-state index in [1.165, 1.54) is 0 Å². The van der Waals surface area contributed by atoms with Gasteiger partial charge in [-0.05, 0) is 39.9 Å². The highest BCUT2D eigenvalue weighted by Gasteiger charge is 2.28. The van der Waals surface area contributed by atoms with Gasteiger partial charge in [0.05, 0.1) is 13.0 Å². The van der Waals surface area contributed by atoms with E-state index in [4.69, 9.17) is 0 Å². The van der Waals surface area contributed by atoms with E-state index in [9.17, 15) is 9.90 Å². The van der Waals surface area contributed by atoms with E-state index in [1.54, 1.807) is 18.2 Å². The first-order valence-electron chi connectivity index (χ1n) is 9.61. The third-order valence-corrected chi connectivity index (χ3v) is 5.18. The Morgan fingerprint density at radius 2 is 1.93 bits per heavy atom. The van der Waals surface area contributed by atoms with E-state index in [0.29, 0.717) is 11.5 Å². The SMILES string of the molecule is CCn1c(CN(C)C)nnc1C1CCN(C(=O)Cc2ccccc2O)CC1. The van der Waals surface area contributed by atoms with Crippen molar-refractivity contribution in [2.45, 2.75) is 45.2 Å². The maximum atomic E-state index is 12.6. The Balaban J connectivity index is 1.61. The lowest BCUT2D eigenvalue weighted by Crippen LogP contribution is -2.39. The molecule has 0 aliphatic carbocycles. The standard InChI is InChI=1S/C20H29N5O2/c1-4-25-18(14-23(2)3)21-22-20(25)15-9-11-24(12-10-15)19(27)13-16-7-5-6-8-17(16)26/h5-8,15,26H,4,9-14H2,1-3H3. The zero-order chi connectivity index (χ0) is 19.4. The lowest BCUT2D eigenvalue weighted by molar-refractivity contribution is -0.131. The Kier molecular flexibility index (Phi) is 6.11. The lowest BCUT2D eigenvalue weighted by atomic mass is 9.95. The van der Waals surface area contributed by atoms with Gasteiger partial charge in [-0.15, -0.1) is 10.2 Å². The molecule has 0 unspecified atom stereocenters. The second-order valence-corrected chi connectivity index (χ2v) is 7.42. The first kappa shape index (κ1) is 19.4. The van der Waals surface area contributed by atoms with Crippen LogP contribution in [-0.4, -0.2) is 62.8 Å². The van der Waals surface area contributed by atoms with Gasteiger partial charge in [0.2, 0.25) is 5.91 Å². The number of phenols is 1. The van der Waals surface area contributed by atoms with E-state index in [1.807, 2.05) is 25.1 Å². The summed E-state index contributed by atoms with van der Waals surface area (Å²) in [5.74, 6) is 2.63. The van der Waals surface area contributed by atoms with Crippen LogP contribution in [0.1, 0.15) is 42.9 Å². The monoisotopic (exact) mass is 371 g/mol. The summed E-state index contributed by atoms with van der Waals surface area (Å²) in [6, 6.07) is 7.04. The van der Waals surface area contributed by atoms with Crippen LogP contribution in [0.15, 0.2) is 24.3 Å². The first-order chi connectivity index (χ1) is 13.0. The fourth-order valence-electron chi connectivity index (χ4n) is 3.72. The summed E-state index contributed by atoms with van der Waals surface area (Å²) in [5, 5.41) is 18.7. The molecule has 1 N–H and O–H groups in total. The maximum absolute atomic E-state index is 12.6. The third kappa shape index (κ3) is 4.47. The highest BCUT2D eigenvalue weighted by atomic mass is 16.3. The van der Waals surface area contributed by atoms with E-state index < -0.39 is 0 Å². The summed E-state index contributed by atoms with van der Waals surface area (Å²) in [4.78, 5) is 16.6. The topological polar surface area (TPSA) is 74.5 Å². The number of rotatable bonds is 6. The number of likely N-dealkylation sites (tertiary alicyclic amines) is 1. The minimum absolute atomic E-state index is 0.0696. The Morgan fingerprint density at radius 3 is 2.56 bits per heavy atom. The number of carbonyl (C=O) groups is 1. The molecule has 1 amide bonds. The molecule has 0 atom stereocenters. The Bertz CT molecular complexity index is 778. The zero-order valence-corrected chi connectivity index (χ0v) is 16.4. The normalized spacial score (nSPS) is 15.5. The average Bonchev–Trinajstić information content (AvgIpc) is 3.05. The summed E-state index contributed by atoms with van der Waals surface area (Å²) in [5.41, 5.74) is 0.684. The number of nitrogens with zero attached hydrogens (tertiary/aromatic N) is 5. The van der Waals surface area contributed by atoms with Gasteiger partial charge < -0.3 is 19.5 Å². The summed E-state index contributed by atoms with van der Waals surface area (Å²) in [6.07, 6.45) is 2.04. The van der Waals surface area contributed by atoms with Gasteiger partial charge in [-0.25, -0.2) is 0 Å². The number of hydrogen-bond acceptors (Lipinski definition) is 5. The van der Waals surface area contributed by atoms with Gasteiger partial charge in [0.1, 0.15) is 17.4 Å². The Labute approximate surface area is 160 Å². The van der Waals surface area contributed by atoms with Crippen LogP contribution in [0.4, 0.5) is 0 Å². The second kappa shape index (κ2) is 8.52. The minimum Gasteiger partial charge on any atom is -0.508 e. The van der Waals surface area contributed by atoms with Gasteiger partial charge in [0.25, 0.3) is 0 Å². The first-order valence-corrected chi connectivity index (χ1v) is 9.61. The summed E-state index contributed by atoms with van der Waals surface area (Å²) in [7, 11) is 4.06. The fraction of sp³-hybridized carbons (Fsp3) is 0.550. The molecule has 0 spiro atoms. The van der Waals surface area contributed by atoms with E-state index in [2.05, 4.69) is 26.6 Å². The van der Waals surface area contributed by atoms with E-state index in [-0.39, 0.29) is 18.1 Å². The average molecular weight is 371 g/mol. The van der Waals surface area contributed by atoms with Crippen LogP contribution in [-0.2, 0) is 24.3 Å². The maximum Gasteiger partial charge on any atom is 0.227 e. The summed E-state index contributed by atoms with van der Waals surface area (Å²) < 4.78 is 2.21. The molecule has 7 nitrogen and oxygen atoms in total. The van der Waals surface area contributed by atoms with Crippen LogP contribution in [0.25, 0.3) is 0 Å². The van der Waals surface area contributed by atoms with Crippen molar-refractivity contribution in [3.63, 3.8) is 0 Å². The molecule has 1 aromatic heterocycles. The van der Waals surface area contributed by atoms with Gasteiger partial charge in [0, 0.05) is 31.1 Å². The second-order valence-electron chi connectivity index (χ2n) is 7.42. The number of hydrogen-bond donors (Lipinski definition) is 1. The molecule has 27 heavy (non-hydrogen) atoms. The van der Waals surface area contributed by atoms with Gasteiger partial charge >= 0.3 is 0 Å². The van der Waals surface area contributed by atoms with Gasteiger partial charge in [-0.2, -0.15) is 0 Å². The highest BCUT2D eigenvalue weighted by Crippen LogP contribution is 2.28. The highest BCUT2D eigenvalue weighted by molar-refractivity contribution is 5.79.